The molecule has 2 aromatic rings. The first-order chi connectivity index (χ1) is 12.1. The number of carbonyl (C=O) groups is 2. The van der Waals surface area contributed by atoms with Gasteiger partial charge in [-0.25, -0.2) is 0 Å². The molecule has 2 fully saturated rings. The molecule has 1 aliphatic heterocycles. The predicted molar refractivity (Wildman–Crippen MR) is 92.8 cm³/mol. The molecule has 124 valence electrons. The normalized spacial score (nSPS) is 35.1. The maximum Gasteiger partial charge on any atom is 0.318 e. The average molecular weight is 330 g/mol. The fourth-order valence-electron chi connectivity index (χ4n) is 5.21. The van der Waals surface area contributed by atoms with Gasteiger partial charge in [-0.15, -0.1) is 0 Å². The molecule has 0 amide bonds. The Labute approximate surface area is 146 Å². The van der Waals surface area contributed by atoms with E-state index in [1.54, 1.807) is 0 Å². The standard InChI is InChI=1S/C22H18O3/c1-14-7-9-16(10-8-14)22-12-11-21(13-22,15-5-3-2-4-6-15)17-18(22)20(24)25-19(17)23/h2-12,17-18H,13H2,1H3/t17-,18-,21+,22-/m1/s1. The van der Waals surface area contributed by atoms with Crippen LogP contribution in [0.1, 0.15) is 23.1 Å². The molecule has 0 aromatic heterocycles. The fraction of sp³-hybridized carbons (Fsp3) is 0.273. The minimum atomic E-state index is -0.461. The summed E-state index contributed by atoms with van der Waals surface area (Å²) in [5, 5.41) is 0. The number of hydrogen-bond acceptors (Lipinski definition) is 3. The largest absolute Gasteiger partial charge is 0.393 e. The van der Waals surface area contributed by atoms with Crippen molar-refractivity contribution in [1.29, 1.82) is 0 Å². The Balaban J connectivity index is 1.73. The lowest BCUT2D eigenvalue weighted by atomic mass is 9.68. The summed E-state index contributed by atoms with van der Waals surface area (Å²) in [6, 6.07) is 18.3. The van der Waals surface area contributed by atoms with Gasteiger partial charge in [0, 0.05) is 10.8 Å². The number of esters is 2. The zero-order chi connectivity index (χ0) is 17.2. The molecule has 1 heterocycles. The van der Waals surface area contributed by atoms with Gasteiger partial charge in [0.25, 0.3) is 0 Å². The molecule has 0 radical (unpaired) electrons. The second-order valence-corrected chi connectivity index (χ2v) is 7.52. The van der Waals surface area contributed by atoms with Gasteiger partial charge in [0.15, 0.2) is 0 Å². The summed E-state index contributed by atoms with van der Waals surface area (Å²) in [7, 11) is 0. The minimum absolute atomic E-state index is 0.377. The summed E-state index contributed by atoms with van der Waals surface area (Å²) in [5.41, 5.74) is 2.43. The number of benzene rings is 2. The van der Waals surface area contributed by atoms with Gasteiger partial charge >= 0.3 is 11.9 Å². The molecule has 5 rings (SSSR count). The van der Waals surface area contributed by atoms with Gasteiger partial charge in [0.1, 0.15) is 0 Å². The highest BCUT2D eigenvalue weighted by molar-refractivity contribution is 6.00. The van der Waals surface area contributed by atoms with Gasteiger partial charge in [0.2, 0.25) is 0 Å². The molecule has 3 heteroatoms. The summed E-state index contributed by atoms with van der Waals surface area (Å²) in [6.45, 7) is 2.05. The van der Waals surface area contributed by atoms with Crippen LogP contribution in [0.5, 0.6) is 0 Å². The van der Waals surface area contributed by atoms with Crippen LogP contribution in [-0.2, 0) is 25.2 Å². The van der Waals surface area contributed by atoms with Crippen molar-refractivity contribution in [2.24, 2.45) is 11.8 Å². The Morgan fingerprint density at radius 1 is 0.800 bits per heavy atom. The van der Waals surface area contributed by atoms with E-state index in [0.717, 1.165) is 17.5 Å². The third-order valence-corrected chi connectivity index (χ3v) is 6.32. The topological polar surface area (TPSA) is 43.4 Å². The van der Waals surface area contributed by atoms with Crippen molar-refractivity contribution < 1.29 is 14.3 Å². The number of hydrogen-bond donors (Lipinski definition) is 0. The van der Waals surface area contributed by atoms with Crippen LogP contribution in [0.4, 0.5) is 0 Å². The second-order valence-electron chi connectivity index (χ2n) is 7.52. The van der Waals surface area contributed by atoms with E-state index in [0.29, 0.717) is 0 Å². The maximum absolute atomic E-state index is 12.6. The van der Waals surface area contributed by atoms with Gasteiger partial charge in [0.05, 0.1) is 11.8 Å². The van der Waals surface area contributed by atoms with Gasteiger partial charge in [-0.1, -0.05) is 72.3 Å². The summed E-state index contributed by atoms with van der Waals surface area (Å²) in [5.74, 6) is -1.63. The molecule has 0 spiro atoms. The Morgan fingerprint density at radius 3 is 1.88 bits per heavy atom. The average Bonchev–Trinajstić information content (AvgIpc) is 3.26. The molecule has 3 aliphatic rings. The smallest absolute Gasteiger partial charge is 0.318 e. The van der Waals surface area contributed by atoms with Crippen molar-refractivity contribution >= 4 is 11.9 Å². The first-order valence-corrected chi connectivity index (χ1v) is 8.65. The van der Waals surface area contributed by atoms with E-state index in [1.165, 1.54) is 5.56 Å². The quantitative estimate of drug-likeness (QED) is 0.481. The van der Waals surface area contributed by atoms with E-state index in [-0.39, 0.29) is 11.9 Å². The second kappa shape index (κ2) is 4.69. The lowest BCUT2D eigenvalue weighted by Crippen LogP contribution is -2.37. The van der Waals surface area contributed by atoms with Crippen LogP contribution in [0.3, 0.4) is 0 Å². The first-order valence-electron chi connectivity index (χ1n) is 8.65. The monoisotopic (exact) mass is 330 g/mol. The molecule has 0 N–H and O–H groups in total. The number of allylic oxidation sites excluding steroid dienone is 2. The molecule has 1 saturated carbocycles. The van der Waals surface area contributed by atoms with Crippen LogP contribution in [0.25, 0.3) is 0 Å². The fourth-order valence-corrected chi connectivity index (χ4v) is 5.21. The molecule has 2 aliphatic carbocycles. The number of ether oxygens (including phenoxy) is 1. The lowest BCUT2D eigenvalue weighted by Gasteiger charge is -2.31. The van der Waals surface area contributed by atoms with Crippen LogP contribution in [0, 0.1) is 18.8 Å². The van der Waals surface area contributed by atoms with Crippen molar-refractivity contribution in [1.82, 2.24) is 0 Å². The Morgan fingerprint density at radius 2 is 1.32 bits per heavy atom. The summed E-state index contributed by atoms with van der Waals surface area (Å²) >= 11 is 0. The Kier molecular flexibility index (Phi) is 2.75. The number of cyclic esters (lactones) is 2. The highest BCUT2D eigenvalue weighted by Crippen LogP contribution is 2.66. The van der Waals surface area contributed by atoms with Crippen LogP contribution < -0.4 is 0 Å². The van der Waals surface area contributed by atoms with Gasteiger partial charge < -0.3 is 4.74 Å². The number of aryl methyl sites for hydroxylation is 1. The lowest BCUT2D eigenvalue weighted by molar-refractivity contribution is -0.155. The Hall–Kier alpha value is -2.68. The van der Waals surface area contributed by atoms with E-state index in [4.69, 9.17) is 4.74 Å². The van der Waals surface area contributed by atoms with Gasteiger partial charge in [-0.05, 0) is 24.5 Å². The molecule has 4 atom stereocenters. The maximum atomic E-state index is 12.6. The van der Waals surface area contributed by atoms with Crippen LogP contribution in [0.2, 0.25) is 0 Å². The van der Waals surface area contributed by atoms with Crippen LogP contribution >= 0.6 is 0 Å². The van der Waals surface area contributed by atoms with Gasteiger partial charge in [-0.2, -0.15) is 0 Å². The summed E-state index contributed by atoms with van der Waals surface area (Å²) < 4.78 is 5.11. The summed E-state index contributed by atoms with van der Waals surface area (Å²) in [6.07, 6.45) is 5.03. The Bertz CT molecular complexity index is 912. The van der Waals surface area contributed by atoms with Crippen molar-refractivity contribution in [2.45, 2.75) is 24.2 Å². The zero-order valence-corrected chi connectivity index (χ0v) is 13.9. The van der Waals surface area contributed by atoms with E-state index in [1.807, 2.05) is 37.3 Å². The molecule has 1 saturated heterocycles. The van der Waals surface area contributed by atoms with Gasteiger partial charge in [-0.3, -0.25) is 9.59 Å². The SMILES string of the molecule is Cc1ccc([C@@]23C=C[C@@](c4ccccc4)(C2)[C@H]2C(=O)OC(=O)[C@@H]23)cc1. The number of carbonyl (C=O) groups excluding carboxylic acids is 2. The molecule has 3 nitrogen and oxygen atoms in total. The highest BCUT2D eigenvalue weighted by atomic mass is 16.6. The number of fused-ring (bicyclic) bond motifs is 5. The predicted octanol–water partition coefficient (Wildman–Crippen LogP) is 3.46. The van der Waals surface area contributed by atoms with E-state index < -0.39 is 22.7 Å². The minimum Gasteiger partial charge on any atom is -0.393 e. The molecule has 0 unspecified atom stereocenters. The highest BCUT2D eigenvalue weighted by Gasteiger charge is 2.72. The molecule has 25 heavy (non-hydrogen) atoms. The molecule has 2 bridgehead atoms. The molecule has 2 aromatic carbocycles. The van der Waals surface area contributed by atoms with Crippen molar-refractivity contribution in [3.63, 3.8) is 0 Å². The molecular formula is C22H18O3. The first kappa shape index (κ1) is 14.6. The van der Waals surface area contributed by atoms with E-state index in [9.17, 15) is 9.59 Å². The number of rotatable bonds is 2. The van der Waals surface area contributed by atoms with Crippen molar-refractivity contribution in [2.75, 3.05) is 0 Å². The third kappa shape index (κ3) is 1.70. The van der Waals surface area contributed by atoms with Crippen molar-refractivity contribution in [3.05, 3.63) is 83.4 Å². The van der Waals surface area contributed by atoms with Crippen LogP contribution in [-0.4, -0.2) is 11.9 Å². The van der Waals surface area contributed by atoms with Crippen LogP contribution in [0.15, 0.2) is 66.7 Å². The molecular weight excluding hydrogens is 312 g/mol. The van der Waals surface area contributed by atoms with E-state index in [2.05, 4.69) is 36.4 Å². The zero-order valence-electron chi connectivity index (χ0n) is 13.9. The van der Waals surface area contributed by atoms with Crippen molar-refractivity contribution in [3.8, 4) is 0 Å². The van der Waals surface area contributed by atoms with E-state index >= 15 is 0 Å². The third-order valence-electron chi connectivity index (χ3n) is 6.32. The summed E-state index contributed by atoms with van der Waals surface area (Å²) in [4.78, 5) is 25.2.